The maximum atomic E-state index is 11.7. The highest BCUT2D eigenvalue weighted by molar-refractivity contribution is 7.99. The van der Waals surface area contributed by atoms with Gasteiger partial charge in [0.1, 0.15) is 0 Å². The largest absolute Gasteiger partial charge is 0.272 e. The third-order valence-electron chi connectivity index (χ3n) is 2.84. The summed E-state index contributed by atoms with van der Waals surface area (Å²) in [5.41, 5.74) is 5.76. The van der Waals surface area contributed by atoms with Crippen LogP contribution in [0.15, 0.2) is 53.6 Å². The van der Waals surface area contributed by atoms with Crippen LogP contribution < -0.4 is 5.43 Å². The summed E-state index contributed by atoms with van der Waals surface area (Å²) in [5, 5.41) is 4.68. The zero-order valence-electron chi connectivity index (χ0n) is 12.3. The molecule has 2 aromatic carbocycles. The zero-order chi connectivity index (χ0) is 15.8. The average Bonchev–Trinajstić information content (AvgIpc) is 2.47. The summed E-state index contributed by atoms with van der Waals surface area (Å²) in [5.74, 6) is 0.990. The summed E-state index contributed by atoms with van der Waals surface area (Å²) in [4.78, 5) is 11.7. The van der Waals surface area contributed by atoms with Crippen molar-refractivity contribution in [1.29, 1.82) is 0 Å². The molecule has 0 atom stereocenters. The highest BCUT2D eigenvalue weighted by Gasteiger charge is 2.01. The van der Waals surface area contributed by atoms with Gasteiger partial charge in [0.15, 0.2) is 0 Å². The predicted octanol–water partition coefficient (Wildman–Crippen LogP) is 4.03. The SMILES string of the molecule is Cc1cccc(C=NNC(=O)CSCc2cccc(Cl)c2)c1. The van der Waals surface area contributed by atoms with E-state index in [4.69, 9.17) is 11.6 Å². The molecular weight excluding hydrogens is 316 g/mol. The molecule has 0 fully saturated rings. The molecule has 0 radical (unpaired) electrons. The number of nitrogens with one attached hydrogen (secondary N) is 1. The number of carbonyl (C=O) groups is 1. The van der Waals surface area contributed by atoms with Crippen LogP contribution in [0.1, 0.15) is 16.7 Å². The number of hydrogen-bond acceptors (Lipinski definition) is 3. The van der Waals surface area contributed by atoms with Gasteiger partial charge in [-0.25, -0.2) is 5.43 Å². The molecule has 0 unspecified atom stereocenters. The van der Waals surface area contributed by atoms with Crippen molar-refractivity contribution in [3.63, 3.8) is 0 Å². The molecule has 1 amide bonds. The van der Waals surface area contributed by atoms with Crippen molar-refractivity contribution in [3.05, 3.63) is 70.2 Å². The average molecular weight is 333 g/mol. The molecule has 0 saturated carbocycles. The first-order valence-corrected chi connectivity index (χ1v) is 8.37. The number of amides is 1. The van der Waals surface area contributed by atoms with Gasteiger partial charge in [0.05, 0.1) is 12.0 Å². The van der Waals surface area contributed by atoms with Gasteiger partial charge in [-0.1, -0.05) is 53.6 Å². The minimum Gasteiger partial charge on any atom is -0.272 e. The lowest BCUT2D eigenvalue weighted by atomic mass is 10.2. The topological polar surface area (TPSA) is 41.5 Å². The molecule has 0 aromatic heterocycles. The Bertz CT molecular complexity index is 673. The second-order valence-corrected chi connectivity index (χ2v) is 6.25. The van der Waals surface area contributed by atoms with Gasteiger partial charge in [-0.2, -0.15) is 5.10 Å². The molecule has 2 aromatic rings. The Morgan fingerprint density at radius 1 is 1.27 bits per heavy atom. The van der Waals surface area contributed by atoms with Gasteiger partial charge in [-0.05, 0) is 30.2 Å². The lowest BCUT2D eigenvalue weighted by molar-refractivity contribution is -0.118. The molecule has 0 bridgehead atoms. The lowest BCUT2D eigenvalue weighted by Crippen LogP contribution is -2.19. The first kappa shape index (κ1) is 16.6. The monoisotopic (exact) mass is 332 g/mol. The van der Waals surface area contributed by atoms with Crippen molar-refractivity contribution < 1.29 is 4.79 Å². The molecule has 5 heteroatoms. The summed E-state index contributed by atoms with van der Waals surface area (Å²) < 4.78 is 0. The third-order valence-corrected chi connectivity index (χ3v) is 4.07. The Kier molecular flexibility index (Phi) is 6.49. The van der Waals surface area contributed by atoms with Crippen LogP contribution in [0.2, 0.25) is 5.02 Å². The normalized spacial score (nSPS) is 10.8. The zero-order valence-corrected chi connectivity index (χ0v) is 13.8. The van der Waals surface area contributed by atoms with Gasteiger partial charge in [0.25, 0.3) is 0 Å². The van der Waals surface area contributed by atoms with E-state index in [2.05, 4.69) is 10.5 Å². The first-order chi connectivity index (χ1) is 10.6. The number of carbonyl (C=O) groups excluding carboxylic acids is 1. The molecule has 0 aliphatic rings. The van der Waals surface area contributed by atoms with Gasteiger partial charge in [-0.15, -0.1) is 11.8 Å². The van der Waals surface area contributed by atoms with Crippen LogP contribution in [0.4, 0.5) is 0 Å². The Balaban J connectivity index is 1.72. The fourth-order valence-electron chi connectivity index (χ4n) is 1.85. The Morgan fingerprint density at radius 2 is 2.09 bits per heavy atom. The van der Waals surface area contributed by atoms with Gasteiger partial charge in [0, 0.05) is 10.8 Å². The van der Waals surface area contributed by atoms with E-state index in [1.807, 2.05) is 55.5 Å². The van der Waals surface area contributed by atoms with Crippen molar-refractivity contribution >= 4 is 35.5 Å². The predicted molar refractivity (Wildman–Crippen MR) is 94.5 cm³/mol. The van der Waals surface area contributed by atoms with Crippen LogP contribution in [0, 0.1) is 6.92 Å². The molecule has 0 saturated heterocycles. The van der Waals surface area contributed by atoms with Gasteiger partial charge < -0.3 is 0 Å². The second-order valence-electron chi connectivity index (χ2n) is 4.83. The maximum absolute atomic E-state index is 11.7. The molecule has 0 spiro atoms. The van der Waals surface area contributed by atoms with Crippen LogP contribution in [-0.4, -0.2) is 17.9 Å². The number of rotatable bonds is 6. The van der Waals surface area contributed by atoms with Crippen LogP contribution in [0.5, 0.6) is 0 Å². The quantitative estimate of drug-likeness (QED) is 0.641. The van der Waals surface area contributed by atoms with Crippen molar-refractivity contribution in [1.82, 2.24) is 5.43 Å². The smallest absolute Gasteiger partial charge is 0.250 e. The number of thioether (sulfide) groups is 1. The van der Waals surface area contributed by atoms with E-state index in [0.29, 0.717) is 10.8 Å². The number of halogens is 1. The van der Waals surface area contributed by atoms with E-state index in [9.17, 15) is 4.79 Å². The molecular formula is C17H17ClN2OS. The molecule has 0 heterocycles. The summed E-state index contributed by atoms with van der Waals surface area (Å²) in [6.45, 7) is 2.02. The fraction of sp³-hybridized carbons (Fsp3) is 0.176. The minimum absolute atomic E-state index is 0.115. The molecule has 2 rings (SSSR count). The van der Waals surface area contributed by atoms with E-state index in [1.54, 1.807) is 6.21 Å². The van der Waals surface area contributed by atoms with Crippen molar-refractivity contribution in [2.75, 3.05) is 5.75 Å². The van der Waals surface area contributed by atoms with Crippen LogP contribution in [0.3, 0.4) is 0 Å². The van der Waals surface area contributed by atoms with E-state index < -0.39 is 0 Å². The number of nitrogens with zero attached hydrogens (tertiary/aromatic N) is 1. The summed E-state index contributed by atoms with van der Waals surface area (Å²) in [7, 11) is 0. The molecule has 22 heavy (non-hydrogen) atoms. The van der Waals surface area contributed by atoms with Crippen molar-refractivity contribution in [3.8, 4) is 0 Å². The minimum atomic E-state index is -0.115. The first-order valence-electron chi connectivity index (χ1n) is 6.84. The van der Waals surface area contributed by atoms with Crippen molar-refractivity contribution in [2.24, 2.45) is 5.10 Å². The lowest BCUT2D eigenvalue weighted by Gasteiger charge is -2.02. The van der Waals surface area contributed by atoms with E-state index >= 15 is 0 Å². The van der Waals surface area contributed by atoms with Crippen LogP contribution >= 0.6 is 23.4 Å². The fourth-order valence-corrected chi connectivity index (χ4v) is 2.83. The molecule has 114 valence electrons. The number of aryl methyl sites for hydroxylation is 1. The number of hydrogen-bond donors (Lipinski definition) is 1. The highest BCUT2D eigenvalue weighted by Crippen LogP contribution is 2.16. The van der Waals surface area contributed by atoms with Gasteiger partial charge in [0.2, 0.25) is 5.91 Å². The Morgan fingerprint density at radius 3 is 2.86 bits per heavy atom. The van der Waals surface area contributed by atoms with Crippen molar-refractivity contribution in [2.45, 2.75) is 12.7 Å². The summed E-state index contributed by atoms with van der Waals surface area (Å²) in [6, 6.07) is 15.6. The summed E-state index contributed by atoms with van der Waals surface area (Å²) in [6.07, 6.45) is 1.65. The molecule has 1 N–H and O–H groups in total. The summed E-state index contributed by atoms with van der Waals surface area (Å²) >= 11 is 7.44. The van der Waals surface area contributed by atoms with Crippen LogP contribution in [0.25, 0.3) is 0 Å². The van der Waals surface area contributed by atoms with E-state index in [-0.39, 0.29) is 5.91 Å². The third kappa shape index (κ3) is 5.92. The van der Waals surface area contributed by atoms with Gasteiger partial charge in [-0.3, -0.25) is 4.79 Å². The highest BCUT2D eigenvalue weighted by atomic mass is 35.5. The maximum Gasteiger partial charge on any atom is 0.250 e. The molecule has 0 aliphatic carbocycles. The van der Waals surface area contributed by atoms with E-state index in [0.717, 1.165) is 22.4 Å². The van der Waals surface area contributed by atoms with Gasteiger partial charge >= 0.3 is 0 Å². The number of hydrazone groups is 1. The Labute approximate surface area is 139 Å². The Hall–Kier alpha value is -1.78. The van der Waals surface area contributed by atoms with Crippen LogP contribution in [-0.2, 0) is 10.5 Å². The number of benzene rings is 2. The molecule has 3 nitrogen and oxygen atoms in total. The standard InChI is InChI=1S/C17H17ClN2OS/c1-13-4-2-5-14(8-13)10-19-20-17(21)12-22-11-15-6-3-7-16(18)9-15/h2-10H,11-12H2,1H3,(H,20,21). The molecule has 0 aliphatic heterocycles. The second kappa shape index (κ2) is 8.61. The van der Waals surface area contributed by atoms with E-state index in [1.165, 1.54) is 11.8 Å².